The quantitative estimate of drug-likeness (QED) is 0.891. The number of nitrogens with one attached hydrogen (secondary N) is 2. The zero-order valence-electron chi connectivity index (χ0n) is 12.6. The lowest BCUT2D eigenvalue weighted by molar-refractivity contribution is -0.134. The molecule has 1 aliphatic heterocycles. The molecule has 1 amide bonds. The molecule has 1 aliphatic carbocycles. The van der Waals surface area contributed by atoms with Crippen molar-refractivity contribution in [1.82, 2.24) is 10.6 Å². The van der Waals surface area contributed by atoms with Crippen molar-refractivity contribution in [3.63, 3.8) is 0 Å². The normalized spacial score (nSPS) is 27.8. The first-order valence-corrected chi connectivity index (χ1v) is 8.63. The van der Waals surface area contributed by atoms with Crippen LogP contribution in [0.15, 0.2) is 12.1 Å². The highest BCUT2D eigenvalue weighted by molar-refractivity contribution is 7.11. The lowest BCUT2D eigenvalue weighted by atomic mass is 9.67. The summed E-state index contributed by atoms with van der Waals surface area (Å²) in [6.07, 6.45) is 5.83. The number of hydrogen-bond acceptors (Lipinski definition) is 3. The van der Waals surface area contributed by atoms with Crippen molar-refractivity contribution in [3.05, 3.63) is 21.9 Å². The molecule has 1 aromatic heterocycles. The molecule has 2 N–H and O–H groups in total. The van der Waals surface area contributed by atoms with E-state index in [1.165, 1.54) is 29.0 Å². The molecule has 0 spiro atoms. The number of hydrogen-bond donors (Lipinski definition) is 2. The average molecular weight is 329 g/mol. The van der Waals surface area contributed by atoms with E-state index in [0.29, 0.717) is 12.5 Å². The first kappa shape index (κ1) is 16.8. The van der Waals surface area contributed by atoms with E-state index in [1.54, 1.807) is 0 Å². The fraction of sp³-hybridized carbons (Fsp3) is 0.688. The van der Waals surface area contributed by atoms with Crippen molar-refractivity contribution in [2.24, 2.45) is 11.3 Å². The van der Waals surface area contributed by atoms with Gasteiger partial charge in [-0.3, -0.25) is 4.79 Å². The smallest absolute Gasteiger partial charge is 0.228 e. The van der Waals surface area contributed by atoms with Crippen molar-refractivity contribution in [2.45, 2.75) is 45.6 Å². The highest BCUT2D eigenvalue weighted by Gasteiger charge is 2.49. The first-order chi connectivity index (χ1) is 9.74. The molecule has 2 heterocycles. The first-order valence-electron chi connectivity index (χ1n) is 7.81. The van der Waals surface area contributed by atoms with E-state index in [2.05, 4.69) is 29.7 Å². The molecule has 1 saturated heterocycles. The van der Waals surface area contributed by atoms with Crippen LogP contribution >= 0.6 is 23.7 Å². The Morgan fingerprint density at radius 2 is 2.24 bits per heavy atom. The summed E-state index contributed by atoms with van der Waals surface area (Å²) in [7, 11) is 0. The van der Waals surface area contributed by atoms with Crippen LogP contribution in [0.4, 0.5) is 0 Å². The maximum atomic E-state index is 12.7. The molecule has 2 aliphatic rings. The highest BCUT2D eigenvalue weighted by Crippen LogP contribution is 2.43. The number of rotatable bonds is 4. The molecule has 3 rings (SSSR count). The van der Waals surface area contributed by atoms with E-state index in [-0.39, 0.29) is 23.7 Å². The number of aryl methyl sites for hydroxylation is 1. The molecule has 0 bridgehead atoms. The largest absolute Gasteiger partial charge is 0.351 e. The van der Waals surface area contributed by atoms with Crippen molar-refractivity contribution < 1.29 is 4.79 Å². The van der Waals surface area contributed by atoms with Crippen LogP contribution in [0.2, 0.25) is 0 Å². The lowest BCUT2D eigenvalue weighted by Crippen LogP contribution is -2.47. The zero-order valence-corrected chi connectivity index (χ0v) is 14.2. The fourth-order valence-corrected chi connectivity index (χ4v) is 4.64. The molecule has 1 aromatic rings. The lowest BCUT2D eigenvalue weighted by Gasteiger charge is -2.37. The summed E-state index contributed by atoms with van der Waals surface area (Å²) >= 11 is 1.81. The van der Waals surface area contributed by atoms with E-state index in [9.17, 15) is 4.79 Å². The third kappa shape index (κ3) is 3.27. The summed E-state index contributed by atoms with van der Waals surface area (Å²) in [6.45, 7) is 4.75. The maximum absolute atomic E-state index is 12.7. The number of amides is 1. The summed E-state index contributed by atoms with van der Waals surface area (Å²) in [6, 6.07) is 4.32. The van der Waals surface area contributed by atoms with Gasteiger partial charge in [0.1, 0.15) is 0 Å². The summed E-state index contributed by atoms with van der Waals surface area (Å²) < 4.78 is 0. The molecular weight excluding hydrogens is 304 g/mol. The Balaban J connectivity index is 0.00000161. The second-order valence-electron chi connectivity index (χ2n) is 6.13. The second-order valence-corrected chi connectivity index (χ2v) is 7.39. The number of carbonyl (C=O) groups excluding carboxylic acids is 1. The summed E-state index contributed by atoms with van der Waals surface area (Å²) in [4.78, 5) is 15.4. The van der Waals surface area contributed by atoms with Gasteiger partial charge in [-0.05, 0) is 43.9 Å². The average Bonchev–Trinajstić information content (AvgIpc) is 3.11. The molecule has 3 nitrogen and oxygen atoms in total. The fourth-order valence-electron chi connectivity index (χ4n) is 3.74. The number of halogens is 1. The predicted molar refractivity (Wildman–Crippen MR) is 90.1 cm³/mol. The van der Waals surface area contributed by atoms with Crippen molar-refractivity contribution in [3.8, 4) is 0 Å². The van der Waals surface area contributed by atoms with Crippen molar-refractivity contribution in [2.75, 3.05) is 13.1 Å². The van der Waals surface area contributed by atoms with Gasteiger partial charge >= 0.3 is 0 Å². The van der Waals surface area contributed by atoms with Crippen LogP contribution in [-0.4, -0.2) is 19.0 Å². The van der Waals surface area contributed by atoms with E-state index in [0.717, 1.165) is 25.9 Å². The van der Waals surface area contributed by atoms with Gasteiger partial charge in [0.05, 0.1) is 12.0 Å². The Morgan fingerprint density at radius 3 is 3.00 bits per heavy atom. The molecule has 21 heavy (non-hydrogen) atoms. The molecule has 2 atom stereocenters. The highest BCUT2D eigenvalue weighted by atomic mass is 35.5. The molecule has 0 aromatic carbocycles. The maximum Gasteiger partial charge on any atom is 0.228 e. The third-order valence-electron chi connectivity index (χ3n) is 4.98. The SMILES string of the molecule is CCc1ccc(CNC(=O)[C@@]23CCCC[C@H]2CNC3)s1.Cl. The zero-order chi connectivity index (χ0) is 14.0. The minimum absolute atomic E-state index is 0. The summed E-state index contributed by atoms with van der Waals surface area (Å²) in [5, 5.41) is 6.64. The number of carbonyl (C=O) groups is 1. The van der Waals surface area contributed by atoms with Gasteiger partial charge in [-0.25, -0.2) is 0 Å². The van der Waals surface area contributed by atoms with Crippen LogP contribution in [0.3, 0.4) is 0 Å². The Kier molecular flexibility index (Phi) is 5.69. The van der Waals surface area contributed by atoms with Gasteiger partial charge < -0.3 is 10.6 Å². The third-order valence-corrected chi connectivity index (χ3v) is 6.21. The molecule has 0 radical (unpaired) electrons. The van der Waals surface area contributed by atoms with Gasteiger partial charge in [0.25, 0.3) is 0 Å². The van der Waals surface area contributed by atoms with Crippen LogP contribution in [0.1, 0.15) is 42.4 Å². The van der Waals surface area contributed by atoms with Gasteiger partial charge in [-0.15, -0.1) is 23.7 Å². The van der Waals surface area contributed by atoms with Crippen LogP contribution in [-0.2, 0) is 17.8 Å². The topological polar surface area (TPSA) is 41.1 Å². The van der Waals surface area contributed by atoms with Gasteiger partial charge in [-0.1, -0.05) is 19.8 Å². The standard InChI is InChI=1S/C16H24N2OS.ClH/c1-2-13-6-7-14(20-13)10-18-15(19)16-8-4-3-5-12(16)9-17-11-16;/h6-7,12,17H,2-5,8-11H2,1H3,(H,18,19);1H/t12-,16+;/m0./s1. The van der Waals surface area contributed by atoms with Gasteiger partial charge in [0.2, 0.25) is 5.91 Å². The van der Waals surface area contributed by atoms with Crippen LogP contribution < -0.4 is 10.6 Å². The van der Waals surface area contributed by atoms with Gasteiger partial charge in [-0.2, -0.15) is 0 Å². The van der Waals surface area contributed by atoms with Crippen LogP contribution in [0, 0.1) is 11.3 Å². The minimum Gasteiger partial charge on any atom is -0.351 e. The number of fused-ring (bicyclic) bond motifs is 1. The van der Waals surface area contributed by atoms with Crippen molar-refractivity contribution >= 4 is 29.7 Å². The Labute approximate surface area is 137 Å². The molecular formula is C16H25ClN2OS. The molecule has 1 saturated carbocycles. The Hall–Kier alpha value is -0.580. The Morgan fingerprint density at radius 1 is 1.43 bits per heavy atom. The second kappa shape index (κ2) is 7.12. The summed E-state index contributed by atoms with van der Waals surface area (Å²) in [5.74, 6) is 0.824. The number of thiophene rings is 1. The van der Waals surface area contributed by atoms with E-state index >= 15 is 0 Å². The van der Waals surface area contributed by atoms with Gasteiger partial charge in [0, 0.05) is 16.3 Å². The van der Waals surface area contributed by atoms with E-state index < -0.39 is 0 Å². The molecule has 118 valence electrons. The predicted octanol–water partition coefficient (Wildman–Crippen LogP) is 3.13. The summed E-state index contributed by atoms with van der Waals surface area (Å²) in [5.41, 5.74) is -0.122. The Bertz CT molecular complexity index is 490. The molecule has 0 unspecified atom stereocenters. The van der Waals surface area contributed by atoms with Crippen LogP contribution in [0.5, 0.6) is 0 Å². The monoisotopic (exact) mass is 328 g/mol. The van der Waals surface area contributed by atoms with E-state index in [4.69, 9.17) is 0 Å². The van der Waals surface area contributed by atoms with Crippen molar-refractivity contribution in [1.29, 1.82) is 0 Å². The molecule has 2 fully saturated rings. The van der Waals surface area contributed by atoms with Gasteiger partial charge in [0.15, 0.2) is 0 Å². The molecule has 5 heteroatoms. The van der Waals surface area contributed by atoms with E-state index in [1.807, 2.05) is 11.3 Å². The van der Waals surface area contributed by atoms with Crippen LogP contribution in [0.25, 0.3) is 0 Å². The minimum atomic E-state index is -0.122.